The molecule has 0 radical (unpaired) electrons. The Bertz CT molecular complexity index is 1160. The number of carbonyl (C=O) groups is 1. The lowest BCUT2D eigenvalue weighted by Crippen LogP contribution is -2.48. The average Bonchev–Trinajstić information content (AvgIpc) is 3.48. The van der Waals surface area contributed by atoms with Crippen LogP contribution in [0.2, 0.25) is 0 Å². The summed E-state index contributed by atoms with van der Waals surface area (Å²) in [7, 11) is 0. The van der Waals surface area contributed by atoms with Crippen molar-refractivity contribution in [3.63, 3.8) is 0 Å². The van der Waals surface area contributed by atoms with E-state index >= 15 is 0 Å². The molecule has 4 bridgehead atoms. The topological polar surface area (TPSA) is 116 Å². The molecule has 0 aromatic carbocycles. The van der Waals surface area contributed by atoms with E-state index in [0.717, 1.165) is 23.4 Å². The summed E-state index contributed by atoms with van der Waals surface area (Å²) in [6.45, 7) is 0.203. The first-order valence-electron chi connectivity index (χ1n) is 11.0. The first-order valence-corrected chi connectivity index (χ1v) is 11.9. The summed E-state index contributed by atoms with van der Waals surface area (Å²) < 4.78 is 7.03. The monoisotopic (exact) mass is 453 g/mol. The lowest BCUT2D eigenvalue weighted by atomic mass is 9.49. The van der Waals surface area contributed by atoms with E-state index in [0.29, 0.717) is 10.9 Å². The summed E-state index contributed by atoms with van der Waals surface area (Å²) in [5.41, 5.74) is 1.27. The Morgan fingerprint density at radius 3 is 2.62 bits per heavy atom. The Morgan fingerprint density at radius 2 is 1.97 bits per heavy atom. The molecule has 32 heavy (non-hydrogen) atoms. The minimum Gasteiger partial charge on any atom is -0.454 e. The highest BCUT2D eigenvalue weighted by molar-refractivity contribution is 7.14. The predicted octanol–water partition coefficient (Wildman–Crippen LogP) is 4.61. The molecule has 1 N–H and O–H groups in total. The van der Waals surface area contributed by atoms with Crippen LogP contribution in [0.3, 0.4) is 0 Å². The summed E-state index contributed by atoms with van der Waals surface area (Å²) in [4.78, 5) is 27.8. The fraction of sp³-hybridized carbons (Fsp3) is 0.500. The van der Waals surface area contributed by atoms with Gasteiger partial charge in [-0.3, -0.25) is 24.9 Å². The van der Waals surface area contributed by atoms with Crippen LogP contribution in [0.4, 0.5) is 10.8 Å². The van der Waals surface area contributed by atoms with Crippen molar-refractivity contribution >= 4 is 28.1 Å². The maximum absolute atomic E-state index is 12.7. The zero-order valence-electron chi connectivity index (χ0n) is 17.4. The highest BCUT2D eigenvalue weighted by Crippen LogP contribution is 2.60. The Morgan fingerprint density at radius 1 is 1.25 bits per heavy atom. The molecule has 4 aliphatic rings. The summed E-state index contributed by atoms with van der Waals surface area (Å²) in [5.74, 6) is 2.85. The molecule has 4 fully saturated rings. The number of hydrogen-bond donors (Lipinski definition) is 1. The van der Waals surface area contributed by atoms with Gasteiger partial charge in [0.15, 0.2) is 10.9 Å². The summed E-state index contributed by atoms with van der Waals surface area (Å²) in [6.07, 6.45) is 10.4. The number of rotatable bonds is 6. The van der Waals surface area contributed by atoms with Crippen molar-refractivity contribution < 1.29 is 14.1 Å². The number of aromatic nitrogens is 3. The van der Waals surface area contributed by atoms with Gasteiger partial charge in [-0.25, -0.2) is 4.98 Å². The molecule has 3 aromatic rings. The van der Waals surface area contributed by atoms with E-state index in [1.54, 1.807) is 12.1 Å². The van der Waals surface area contributed by atoms with Crippen LogP contribution < -0.4 is 5.32 Å². The smallest absolute Gasteiger partial charge is 0.307 e. The summed E-state index contributed by atoms with van der Waals surface area (Å²) >= 11 is 1.47. The van der Waals surface area contributed by atoms with Crippen molar-refractivity contribution in [2.45, 2.75) is 50.5 Å². The molecule has 0 unspecified atom stereocenters. The second-order valence-corrected chi connectivity index (χ2v) is 10.5. The molecule has 3 heterocycles. The second-order valence-electron chi connectivity index (χ2n) is 9.61. The molecule has 0 saturated heterocycles. The average molecular weight is 454 g/mol. The lowest BCUT2D eigenvalue weighted by Gasteiger charge is -2.56. The summed E-state index contributed by atoms with van der Waals surface area (Å²) in [6, 6.07) is 3.27. The first-order chi connectivity index (χ1) is 15.5. The third kappa shape index (κ3) is 3.42. The number of nitrogens with zero attached hydrogens (tertiary/aromatic N) is 4. The molecular weight excluding hydrogens is 430 g/mol. The molecule has 4 aliphatic carbocycles. The van der Waals surface area contributed by atoms with Crippen LogP contribution in [-0.2, 0) is 12.0 Å². The van der Waals surface area contributed by atoms with Gasteiger partial charge < -0.3 is 4.42 Å². The van der Waals surface area contributed by atoms with E-state index in [1.807, 2.05) is 0 Å². The molecular formula is C22H23N5O4S. The van der Waals surface area contributed by atoms with E-state index in [9.17, 15) is 14.9 Å². The van der Waals surface area contributed by atoms with Crippen LogP contribution in [0.25, 0.3) is 0 Å². The van der Waals surface area contributed by atoms with Gasteiger partial charge in [-0.05, 0) is 68.4 Å². The molecule has 0 aliphatic heterocycles. The molecule has 0 atom stereocenters. The molecule has 10 heteroatoms. The molecule has 166 valence electrons. The normalized spacial score (nSPS) is 28.2. The molecule has 4 saturated carbocycles. The number of hydrogen-bond acceptors (Lipinski definition) is 7. The van der Waals surface area contributed by atoms with Gasteiger partial charge in [0.1, 0.15) is 18.2 Å². The Hall–Kier alpha value is -3.01. The third-order valence-electron chi connectivity index (χ3n) is 7.34. The fourth-order valence-corrected chi connectivity index (χ4v) is 7.26. The van der Waals surface area contributed by atoms with E-state index in [-0.39, 0.29) is 29.3 Å². The Labute approximate surface area is 188 Å². The van der Waals surface area contributed by atoms with Crippen molar-refractivity contribution in [1.29, 1.82) is 0 Å². The number of thiazole rings is 1. The van der Waals surface area contributed by atoms with Gasteiger partial charge in [0.05, 0.1) is 17.2 Å². The van der Waals surface area contributed by atoms with Gasteiger partial charge in [0.2, 0.25) is 0 Å². The minimum absolute atomic E-state index is 0.0897. The van der Waals surface area contributed by atoms with E-state index in [2.05, 4.69) is 15.8 Å². The summed E-state index contributed by atoms with van der Waals surface area (Å²) in [5, 5.41) is 20.3. The number of anilines is 1. The van der Waals surface area contributed by atoms with Crippen LogP contribution in [-0.4, -0.2) is 25.6 Å². The molecule has 3 aromatic heterocycles. The Kier molecular flexibility index (Phi) is 4.46. The number of amides is 1. The van der Waals surface area contributed by atoms with E-state index in [4.69, 9.17) is 9.40 Å². The van der Waals surface area contributed by atoms with Crippen LogP contribution in [0.15, 0.2) is 34.3 Å². The predicted molar refractivity (Wildman–Crippen MR) is 117 cm³/mol. The largest absolute Gasteiger partial charge is 0.454 e. The standard InChI is InChI=1S/C22H23N5O4S/c28-20(18-2-1-17(31-18)11-26-10-16(9-23-26)27(29)30)25-21-24-19(12-32-21)22-6-13-3-14(7-22)5-15(4-13)8-22/h1-2,9-10,12-15H,3-8,11H2,(H,24,25,28). The van der Waals surface area contributed by atoms with Gasteiger partial charge in [-0.1, -0.05) is 0 Å². The minimum atomic E-state index is -0.504. The van der Waals surface area contributed by atoms with Crippen LogP contribution >= 0.6 is 11.3 Å². The van der Waals surface area contributed by atoms with Gasteiger partial charge in [-0.15, -0.1) is 11.3 Å². The number of nitro groups is 1. The second kappa shape index (κ2) is 7.26. The van der Waals surface area contributed by atoms with E-state index < -0.39 is 4.92 Å². The zero-order valence-corrected chi connectivity index (χ0v) is 18.2. The fourth-order valence-electron chi connectivity index (χ4n) is 6.44. The highest BCUT2D eigenvalue weighted by Gasteiger charge is 2.52. The van der Waals surface area contributed by atoms with E-state index in [1.165, 1.54) is 66.9 Å². The van der Waals surface area contributed by atoms with Crippen LogP contribution in [0.1, 0.15) is 60.5 Å². The maximum Gasteiger partial charge on any atom is 0.307 e. The van der Waals surface area contributed by atoms with Gasteiger partial charge in [0.25, 0.3) is 5.91 Å². The van der Waals surface area contributed by atoms with Crippen molar-refractivity contribution in [2.24, 2.45) is 17.8 Å². The van der Waals surface area contributed by atoms with Crippen LogP contribution in [0.5, 0.6) is 0 Å². The molecule has 0 spiro atoms. The lowest BCUT2D eigenvalue weighted by molar-refractivity contribution is -0.385. The zero-order chi connectivity index (χ0) is 21.9. The number of furan rings is 1. The SMILES string of the molecule is O=C(Nc1nc(C23CC4CC(CC(C4)C2)C3)cs1)c1ccc(Cn2cc([N+](=O)[O-])cn2)o1. The quantitative estimate of drug-likeness (QED) is 0.430. The number of nitrogens with one attached hydrogen (secondary N) is 1. The van der Waals surface area contributed by atoms with Crippen LogP contribution in [0, 0.1) is 27.9 Å². The molecule has 1 amide bonds. The first kappa shape index (κ1) is 19.7. The van der Waals surface area contributed by atoms with Gasteiger partial charge in [-0.2, -0.15) is 5.10 Å². The molecule has 9 nitrogen and oxygen atoms in total. The third-order valence-corrected chi connectivity index (χ3v) is 8.10. The van der Waals surface area contributed by atoms with Crippen molar-refractivity contribution in [3.05, 3.63) is 57.2 Å². The Balaban J connectivity index is 1.13. The maximum atomic E-state index is 12.7. The highest BCUT2D eigenvalue weighted by atomic mass is 32.1. The van der Waals surface area contributed by atoms with Gasteiger partial charge >= 0.3 is 5.69 Å². The van der Waals surface area contributed by atoms with Crippen molar-refractivity contribution in [2.75, 3.05) is 5.32 Å². The van der Waals surface area contributed by atoms with Crippen molar-refractivity contribution in [1.82, 2.24) is 14.8 Å². The molecule has 7 rings (SSSR count). The van der Waals surface area contributed by atoms with Crippen molar-refractivity contribution in [3.8, 4) is 0 Å². The van der Waals surface area contributed by atoms with Gasteiger partial charge in [0, 0.05) is 10.8 Å². The number of carbonyl (C=O) groups excluding carboxylic acids is 1.